The van der Waals surface area contributed by atoms with Gasteiger partial charge in [-0.3, -0.25) is 24.6 Å². The monoisotopic (exact) mass is 512 g/mol. The van der Waals surface area contributed by atoms with Gasteiger partial charge >= 0.3 is 5.97 Å². The van der Waals surface area contributed by atoms with Crippen LogP contribution in [0.4, 0.5) is 5.69 Å². The number of ether oxygens (including phenoxy) is 2. The Morgan fingerprint density at radius 3 is 2.53 bits per heavy atom. The van der Waals surface area contributed by atoms with Gasteiger partial charge in [0.05, 0.1) is 11.5 Å². The molecule has 11 nitrogen and oxygen atoms in total. The maximum absolute atomic E-state index is 13.0. The molecule has 0 spiro atoms. The Labute approximate surface area is 210 Å². The number of nitrogens with zero attached hydrogens (tertiary/aromatic N) is 2. The molecule has 2 unspecified atom stereocenters. The minimum atomic E-state index is -0.938. The van der Waals surface area contributed by atoms with E-state index >= 15 is 0 Å². The number of nitrogens with two attached hydrogens (primary N) is 1. The molecule has 1 saturated heterocycles. The first kappa shape index (κ1) is 25.4. The van der Waals surface area contributed by atoms with Gasteiger partial charge in [-0.1, -0.05) is 30.3 Å². The third kappa shape index (κ3) is 5.10. The lowest BCUT2D eigenvalue weighted by Gasteiger charge is -2.49. The molecule has 2 aliphatic rings. The number of nitro benzene ring substituents is 1. The molecule has 4 rings (SSSR count). The topological polar surface area (TPSA) is 154 Å². The number of hydrogen-bond acceptors (Lipinski definition) is 9. The summed E-state index contributed by atoms with van der Waals surface area (Å²) in [6, 6.07) is 12.7. The summed E-state index contributed by atoms with van der Waals surface area (Å²) in [5.41, 5.74) is 7.83. The summed E-state index contributed by atoms with van der Waals surface area (Å²) in [6.07, 6.45) is 0. The molecular weight excluding hydrogens is 488 g/mol. The average molecular weight is 513 g/mol. The number of fused-ring (bicyclic) bond motifs is 1. The fourth-order valence-electron chi connectivity index (χ4n) is 3.94. The summed E-state index contributed by atoms with van der Waals surface area (Å²) >= 11 is 1.40. The predicted molar refractivity (Wildman–Crippen MR) is 130 cm³/mol. The number of carbonyl (C=O) groups excluding carboxylic acids is 3. The fraction of sp³-hybridized carbons (Fsp3) is 0.292. The van der Waals surface area contributed by atoms with Crippen molar-refractivity contribution in [1.82, 2.24) is 10.2 Å². The van der Waals surface area contributed by atoms with Gasteiger partial charge in [0.1, 0.15) is 29.8 Å². The van der Waals surface area contributed by atoms with E-state index in [4.69, 9.17) is 15.2 Å². The minimum Gasteiger partial charge on any atom is -0.456 e. The van der Waals surface area contributed by atoms with Gasteiger partial charge in [-0.15, -0.1) is 11.8 Å². The quantitative estimate of drug-likeness (QED) is 0.221. The summed E-state index contributed by atoms with van der Waals surface area (Å²) in [5.74, 6) is -1.25. The molecule has 0 aromatic heterocycles. The predicted octanol–water partition coefficient (Wildman–Crippen LogP) is 1.64. The molecule has 2 aromatic rings. The Hall–Kier alpha value is -3.74. The van der Waals surface area contributed by atoms with Crippen LogP contribution in [0, 0.1) is 10.1 Å². The van der Waals surface area contributed by atoms with E-state index in [1.165, 1.54) is 48.0 Å². The van der Waals surface area contributed by atoms with Gasteiger partial charge in [-0.25, -0.2) is 4.79 Å². The summed E-state index contributed by atoms with van der Waals surface area (Å²) in [4.78, 5) is 50.4. The highest BCUT2D eigenvalue weighted by atomic mass is 32.2. The van der Waals surface area contributed by atoms with Gasteiger partial charge in [0, 0.05) is 25.0 Å². The highest BCUT2D eigenvalue weighted by Gasteiger charge is 2.54. The van der Waals surface area contributed by atoms with Crippen molar-refractivity contribution >= 4 is 35.2 Å². The number of benzene rings is 2. The maximum Gasteiger partial charge on any atom is 0.355 e. The number of β-lactam (4-membered cyclic amide) rings is 1. The van der Waals surface area contributed by atoms with Crippen LogP contribution in [0.5, 0.6) is 0 Å². The Morgan fingerprint density at radius 1 is 1.19 bits per heavy atom. The van der Waals surface area contributed by atoms with Crippen LogP contribution in [0.25, 0.3) is 0 Å². The zero-order chi connectivity index (χ0) is 25.8. The second kappa shape index (κ2) is 10.9. The molecule has 188 valence electrons. The molecule has 36 heavy (non-hydrogen) atoms. The first-order valence-corrected chi connectivity index (χ1v) is 12.0. The van der Waals surface area contributed by atoms with E-state index in [0.29, 0.717) is 22.5 Å². The first-order chi connectivity index (χ1) is 17.3. The first-order valence-electron chi connectivity index (χ1n) is 11.0. The molecule has 0 radical (unpaired) electrons. The van der Waals surface area contributed by atoms with Gasteiger partial charge in [0.25, 0.3) is 11.6 Å². The molecule has 2 aromatic carbocycles. The van der Waals surface area contributed by atoms with Crippen LogP contribution >= 0.6 is 11.8 Å². The van der Waals surface area contributed by atoms with Crippen LogP contribution in [0.1, 0.15) is 17.2 Å². The van der Waals surface area contributed by atoms with E-state index in [1.807, 2.05) is 6.07 Å². The molecule has 3 atom stereocenters. The Kier molecular flexibility index (Phi) is 7.67. The van der Waals surface area contributed by atoms with Gasteiger partial charge in [-0.05, 0) is 28.8 Å². The standard InChI is InChI=1S/C24H24N4O7S/c1-34-12-16-13-36-23-19(26-21(29)18(25)15-5-3-2-4-6-15)22(30)27(23)20(16)24(31)35-11-14-7-9-17(10-8-14)28(32)33/h2-10,18-19,23H,11-13,25H2,1H3,(H,26,29)/t18?,19?,23-/m1/s1. The van der Waals surface area contributed by atoms with E-state index < -0.39 is 40.2 Å². The molecular formula is C24H24N4O7S. The minimum absolute atomic E-state index is 0.0754. The van der Waals surface area contributed by atoms with Crippen LogP contribution in [-0.4, -0.2) is 58.5 Å². The van der Waals surface area contributed by atoms with Gasteiger partial charge in [0.15, 0.2) is 0 Å². The van der Waals surface area contributed by atoms with Gasteiger partial charge in [0.2, 0.25) is 5.91 Å². The lowest BCUT2D eigenvalue weighted by molar-refractivity contribution is -0.384. The highest BCUT2D eigenvalue weighted by molar-refractivity contribution is 8.00. The largest absolute Gasteiger partial charge is 0.456 e. The summed E-state index contributed by atoms with van der Waals surface area (Å²) < 4.78 is 10.6. The highest BCUT2D eigenvalue weighted by Crippen LogP contribution is 2.41. The molecule has 12 heteroatoms. The zero-order valence-corrected chi connectivity index (χ0v) is 20.1. The lowest BCUT2D eigenvalue weighted by Crippen LogP contribution is -2.71. The number of hydrogen-bond donors (Lipinski definition) is 2. The van der Waals surface area contributed by atoms with Gasteiger partial charge < -0.3 is 20.5 Å². The maximum atomic E-state index is 13.0. The number of esters is 1. The molecule has 2 heterocycles. The number of rotatable bonds is 9. The molecule has 1 fully saturated rings. The van der Waals surface area contributed by atoms with Crippen molar-refractivity contribution in [2.75, 3.05) is 19.5 Å². The molecule has 0 saturated carbocycles. The summed E-state index contributed by atoms with van der Waals surface area (Å²) in [7, 11) is 1.48. The molecule has 0 bridgehead atoms. The van der Waals surface area contributed by atoms with Crippen molar-refractivity contribution < 1.29 is 28.8 Å². The Morgan fingerprint density at radius 2 is 1.89 bits per heavy atom. The number of carbonyl (C=O) groups is 3. The third-order valence-corrected chi connectivity index (χ3v) is 7.15. The van der Waals surface area contributed by atoms with E-state index in [0.717, 1.165) is 0 Å². The fourth-order valence-corrected chi connectivity index (χ4v) is 5.27. The smallest absolute Gasteiger partial charge is 0.355 e. The van der Waals surface area contributed by atoms with Crippen molar-refractivity contribution in [3.63, 3.8) is 0 Å². The van der Waals surface area contributed by atoms with E-state index in [-0.39, 0.29) is 24.6 Å². The number of methoxy groups -OCH3 is 1. The normalized spacial score (nSPS) is 19.7. The van der Waals surface area contributed by atoms with Crippen LogP contribution in [0.3, 0.4) is 0 Å². The van der Waals surface area contributed by atoms with Crippen LogP contribution in [0.2, 0.25) is 0 Å². The molecule has 0 aliphatic carbocycles. The van der Waals surface area contributed by atoms with E-state index in [9.17, 15) is 24.5 Å². The van der Waals surface area contributed by atoms with Crippen LogP contribution in [-0.2, 0) is 30.5 Å². The van der Waals surface area contributed by atoms with Crippen molar-refractivity contribution in [3.05, 3.63) is 87.1 Å². The lowest BCUT2D eigenvalue weighted by atomic mass is 10.0. The Balaban J connectivity index is 1.45. The van der Waals surface area contributed by atoms with Crippen LogP contribution < -0.4 is 11.1 Å². The Bertz CT molecular complexity index is 1200. The summed E-state index contributed by atoms with van der Waals surface area (Å²) in [6.45, 7) is -0.00606. The van der Waals surface area contributed by atoms with Crippen molar-refractivity contribution in [1.29, 1.82) is 0 Å². The number of nitrogens with one attached hydrogen (secondary N) is 1. The molecule has 2 aliphatic heterocycles. The van der Waals surface area contributed by atoms with E-state index in [1.54, 1.807) is 24.3 Å². The van der Waals surface area contributed by atoms with Crippen molar-refractivity contribution in [2.45, 2.75) is 24.1 Å². The van der Waals surface area contributed by atoms with Crippen molar-refractivity contribution in [3.8, 4) is 0 Å². The summed E-state index contributed by atoms with van der Waals surface area (Å²) in [5, 5.41) is 13.0. The second-order valence-electron chi connectivity index (χ2n) is 8.17. The average Bonchev–Trinajstić information content (AvgIpc) is 2.90. The van der Waals surface area contributed by atoms with Crippen molar-refractivity contribution in [2.24, 2.45) is 5.73 Å². The van der Waals surface area contributed by atoms with E-state index in [2.05, 4.69) is 5.32 Å². The second-order valence-corrected chi connectivity index (χ2v) is 9.27. The number of non-ortho nitro benzene ring substituents is 1. The SMILES string of the molecule is COCC1=C(C(=O)OCc2ccc([N+](=O)[O-])cc2)N2C(=O)C(NC(=O)C(N)c3ccccc3)[C@H]2SC1. The molecule has 3 N–H and O–H groups in total. The zero-order valence-electron chi connectivity index (χ0n) is 19.3. The molecule has 2 amide bonds. The number of thioether (sulfide) groups is 1. The van der Waals surface area contributed by atoms with Crippen LogP contribution in [0.15, 0.2) is 65.9 Å². The van der Waals surface area contributed by atoms with Gasteiger partial charge in [-0.2, -0.15) is 0 Å². The number of amides is 2. The number of nitro groups is 1. The third-order valence-electron chi connectivity index (χ3n) is 5.82.